The van der Waals surface area contributed by atoms with Crippen LogP contribution in [0.5, 0.6) is 0 Å². The highest BCUT2D eigenvalue weighted by molar-refractivity contribution is 4.86. The Hall–Kier alpha value is -0.120. The minimum atomic E-state index is 0.216. The Labute approximate surface area is 107 Å². The van der Waals surface area contributed by atoms with Crippen LogP contribution in [0, 0.1) is 11.3 Å². The molecule has 3 nitrogen and oxygen atoms in total. The van der Waals surface area contributed by atoms with Crippen LogP contribution in [0.1, 0.15) is 41.0 Å². The van der Waals surface area contributed by atoms with E-state index in [2.05, 4.69) is 44.8 Å². The summed E-state index contributed by atoms with van der Waals surface area (Å²) in [7, 11) is 0. The second kappa shape index (κ2) is 6.17. The maximum atomic E-state index is 9.37. The molecule has 0 aromatic heterocycles. The van der Waals surface area contributed by atoms with Crippen molar-refractivity contribution in [3.63, 3.8) is 0 Å². The number of rotatable bonds is 5. The summed E-state index contributed by atoms with van der Waals surface area (Å²) in [6, 6.07) is 0.655. The van der Waals surface area contributed by atoms with Crippen molar-refractivity contribution in [2.75, 3.05) is 26.2 Å². The summed E-state index contributed by atoms with van der Waals surface area (Å²) in [4.78, 5) is 2.49. The first-order chi connectivity index (χ1) is 7.82. The van der Waals surface area contributed by atoms with E-state index in [0.717, 1.165) is 12.5 Å². The normalized spacial score (nSPS) is 24.5. The maximum Gasteiger partial charge on any atom is 0.0597 e. The second-order valence-electron chi connectivity index (χ2n) is 6.81. The molecule has 0 saturated carbocycles. The van der Waals surface area contributed by atoms with Crippen LogP contribution in [0.4, 0.5) is 0 Å². The van der Waals surface area contributed by atoms with Crippen LogP contribution < -0.4 is 5.32 Å². The summed E-state index contributed by atoms with van der Waals surface area (Å²) in [5.74, 6) is 0.792. The molecule has 2 unspecified atom stereocenters. The minimum Gasteiger partial charge on any atom is -0.395 e. The molecule has 2 N–H and O–H groups in total. The second-order valence-corrected chi connectivity index (χ2v) is 6.81. The van der Waals surface area contributed by atoms with Crippen LogP contribution in [0.3, 0.4) is 0 Å². The molecule has 0 bridgehead atoms. The van der Waals surface area contributed by atoms with E-state index in [4.69, 9.17) is 0 Å². The van der Waals surface area contributed by atoms with Gasteiger partial charge in [0.25, 0.3) is 0 Å². The number of likely N-dealkylation sites (tertiary alicyclic amines) is 1. The maximum absolute atomic E-state index is 9.37. The first kappa shape index (κ1) is 14.9. The molecule has 1 heterocycles. The molecule has 0 radical (unpaired) electrons. The third-order valence-electron chi connectivity index (χ3n) is 3.77. The van der Waals surface area contributed by atoms with Gasteiger partial charge in [-0.3, -0.25) is 0 Å². The zero-order valence-electron chi connectivity index (χ0n) is 12.2. The van der Waals surface area contributed by atoms with Crippen molar-refractivity contribution >= 4 is 0 Å². The van der Waals surface area contributed by atoms with E-state index in [-0.39, 0.29) is 12.6 Å². The molecule has 1 saturated heterocycles. The van der Waals surface area contributed by atoms with Gasteiger partial charge in [-0.15, -0.1) is 0 Å². The van der Waals surface area contributed by atoms with E-state index >= 15 is 0 Å². The quantitative estimate of drug-likeness (QED) is 0.770. The van der Waals surface area contributed by atoms with Gasteiger partial charge in [-0.1, -0.05) is 34.6 Å². The Morgan fingerprint density at radius 2 is 2.00 bits per heavy atom. The Morgan fingerprint density at radius 3 is 2.41 bits per heavy atom. The Bertz CT molecular complexity index is 223. The highest BCUT2D eigenvalue weighted by Crippen LogP contribution is 2.33. The summed E-state index contributed by atoms with van der Waals surface area (Å²) < 4.78 is 0. The van der Waals surface area contributed by atoms with Gasteiger partial charge in [0.1, 0.15) is 0 Å². The van der Waals surface area contributed by atoms with Gasteiger partial charge in [-0.2, -0.15) is 0 Å². The monoisotopic (exact) mass is 242 g/mol. The SMILES string of the molecule is CC(C)NC(CO)CN1CCC(C(C)(C)C)C1. The fraction of sp³-hybridized carbons (Fsp3) is 1.00. The molecule has 1 rings (SSSR count). The molecule has 0 aromatic rings. The van der Waals surface area contributed by atoms with Gasteiger partial charge in [-0.05, 0) is 24.3 Å². The number of nitrogens with zero attached hydrogens (tertiary/aromatic N) is 1. The van der Waals surface area contributed by atoms with Crippen molar-refractivity contribution < 1.29 is 5.11 Å². The lowest BCUT2D eigenvalue weighted by Gasteiger charge is -2.28. The van der Waals surface area contributed by atoms with Crippen molar-refractivity contribution in [3.8, 4) is 0 Å². The number of hydrogen-bond donors (Lipinski definition) is 2. The van der Waals surface area contributed by atoms with Gasteiger partial charge in [0.05, 0.1) is 6.61 Å². The molecule has 0 spiro atoms. The van der Waals surface area contributed by atoms with Gasteiger partial charge >= 0.3 is 0 Å². The van der Waals surface area contributed by atoms with Gasteiger partial charge in [-0.25, -0.2) is 0 Å². The highest BCUT2D eigenvalue weighted by atomic mass is 16.3. The molecule has 3 heteroatoms. The topological polar surface area (TPSA) is 35.5 Å². The molecular weight excluding hydrogens is 212 g/mol. The van der Waals surface area contributed by atoms with Gasteiger partial charge in [0.2, 0.25) is 0 Å². The Balaban J connectivity index is 2.38. The molecule has 102 valence electrons. The summed E-state index contributed by atoms with van der Waals surface area (Å²) in [6.07, 6.45) is 1.29. The molecule has 17 heavy (non-hydrogen) atoms. The zero-order chi connectivity index (χ0) is 13.1. The van der Waals surface area contributed by atoms with E-state index in [9.17, 15) is 5.11 Å². The van der Waals surface area contributed by atoms with E-state index in [1.807, 2.05) is 0 Å². The fourth-order valence-corrected chi connectivity index (χ4v) is 2.65. The van der Waals surface area contributed by atoms with Crippen LogP contribution in [-0.4, -0.2) is 48.3 Å². The van der Waals surface area contributed by atoms with Crippen molar-refractivity contribution in [1.82, 2.24) is 10.2 Å². The van der Waals surface area contributed by atoms with Gasteiger partial charge in [0, 0.05) is 25.2 Å². The molecule has 0 aliphatic carbocycles. The molecule has 0 amide bonds. The van der Waals surface area contributed by atoms with Crippen LogP contribution in [0.15, 0.2) is 0 Å². The van der Waals surface area contributed by atoms with Crippen LogP contribution in [0.2, 0.25) is 0 Å². The lowest BCUT2D eigenvalue weighted by Crippen LogP contribution is -2.45. The van der Waals surface area contributed by atoms with Gasteiger partial charge in [0.15, 0.2) is 0 Å². The van der Waals surface area contributed by atoms with E-state index in [1.165, 1.54) is 19.5 Å². The molecular formula is C14H30N2O. The average molecular weight is 242 g/mol. The first-order valence-electron chi connectivity index (χ1n) is 6.92. The predicted octanol–water partition coefficient (Wildman–Crippen LogP) is 1.71. The Morgan fingerprint density at radius 1 is 1.35 bits per heavy atom. The fourth-order valence-electron chi connectivity index (χ4n) is 2.65. The van der Waals surface area contributed by atoms with Crippen LogP contribution in [-0.2, 0) is 0 Å². The van der Waals surface area contributed by atoms with Crippen molar-refractivity contribution in [3.05, 3.63) is 0 Å². The van der Waals surface area contributed by atoms with E-state index < -0.39 is 0 Å². The summed E-state index contributed by atoms with van der Waals surface area (Å²) >= 11 is 0. The summed E-state index contributed by atoms with van der Waals surface area (Å²) in [5.41, 5.74) is 0.412. The largest absolute Gasteiger partial charge is 0.395 e. The molecule has 0 aromatic carbocycles. The first-order valence-corrected chi connectivity index (χ1v) is 6.92. The smallest absolute Gasteiger partial charge is 0.0597 e. The van der Waals surface area contributed by atoms with Crippen molar-refractivity contribution in [2.45, 2.75) is 53.1 Å². The number of hydrogen-bond acceptors (Lipinski definition) is 3. The summed E-state index contributed by atoms with van der Waals surface area (Å²) in [5, 5.41) is 12.8. The third-order valence-corrected chi connectivity index (χ3v) is 3.77. The van der Waals surface area contributed by atoms with Gasteiger partial charge < -0.3 is 15.3 Å². The highest BCUT2D eigenvalue weighted by Gasteiger charge is 2.32. The van der Waals surface area contributed by atoms with Crippen LogP contribution >= 0.6 is 0 Å². The predicted molar refractivity (Wildman–Crippen MR) is 73.1 cm³/mol. The Kier molecular flexibility index (Phi) is 5.42. The van der Waals surface area contributed by atoms with Crippen LogP contribution in [0.25, 0.3) is 0 Å². The molecule has 1 aliphatic rings. The third kappa shape index (κ3) is 4.94. The summed E-state index contributed by atoms with van der Waals surface area (Å²) in [6.45, 7) is 14.8. The minimum absolute atomic E-state index is 0.216. The molecule has 1 fully saturated rings. The molecule has 2 atom stereocenters. The number of aliphatic hydroxyl groups excluding tert-OH is 1. The zero-order valence-corrected chi connectivity index (χ0v) is 12.2. The molecule has 1 aliphatic heterocycles. The van der Waals surface area contributed by atoms with Crippen molar-refractivity contribution in [1.29, 1.82) is 0 Å². The van der Waals surface area contributed by atoms with Crippen molar-refractivity contribution in [2.24, 2.45) is 11.3 Å². The average Bonchev–Trinajstić information content (AvgIpc) is 2.63. The van der Waals surface area contributed by atoms with E-state index in [1.54, 1.807) is 0 Å². The van der Waals surface area contributed by atoms with E-state index in [0.29, 0.717) is 11.5 Å². The number of aliphatic hydroxyl groups is 1. The standard InChI is InChI=1S/C14H30N2O/c1-11(2)15-13(10-17)9-16-7-6-12(8-16)14(3,4)5/h11-13,15,17H,6-10H2,1-5H3. The number of nitrogens with one attached hydrogen (secondary N) is 1. The lowest BCUT2D eigenvalue weighted by atomic mass is 9.80. The lowest BCUT2D eigenvalue weighted by molar-refractivity contribution is 0.177.